The molecule has 3 heterocycles. The lowest BCUT2D eigenvalue weighted by molar-refractivity contribution is -0.0473. The van der Waals surface area contributed by atoms with Crippen molar-refractivity contribution in [3.63, 3.8) is 0 Å². The zero-order chi connectivity index (χ0) is 25.0. The number of hydrogen-bond acceptors (Lipinski definition) is 12. The maximum Gasteiger partial charge on any atom is 0.490 e. The Morgan fingerprint density at radius 2 is 1.91 bits per heavy atom. The number of ether oxygens (including phenoxy) is 1. The number of anilines is 1. The van der Waals surface area contributed by atoms with Crippen LogP contribution in [0.4, 0.5) is 10.3 Å². The van der Waals surface area contributed by atoms with Crippen molar-refractivity contribution in [1.82, 2.24) is 19.5 Å². The molecule has 0 amide bonds. The van der Waals surface area contributed by atoms with Crippen LogP contribution in [0.15, 0.2) is 11.1 Å². The molecule has 33 heavy (non-hydrogen) atoms. The molecule has 1 fully saturated rings. The number of aromatic nitrogens is 4. The maximum atomic E-state index is 15.1. The molecule has 0 radical (unpaired) electrons. The fourth-order valence-electron chi connectivity index (χ4n) is 2.69. The molecule has 0 bridgehead atoms. The van der Waals surface area contributed by atoms with Crippen molar-refractivity contribution in [2.75, 3.05) is 12.3 Å². The number of nitrogens with zero attached hydrogens (tertiary/aromatic N) is 3. The summed E-state index contributed by atoms with van der Waals surface area (Å²) in [4.78, 5) is 57.1. The van der Waals surface area contributed by atoms with Crippen molar-refractivity contribution in [2.24, 2.45) is 0 Å². The normalized spacial score (nSPS) is 29.7. The van der Waals surface area contributed by atoms with E-state index in [2.05, 4.69) is 28.1 Å². The third kappa shape index (κ3) is 5.86. The molecule has 2 unspecified atom stereocenters. The van der Waals surface area contributed by atoms with E-state index in [1.54, 1.807) is 0 Å². The fraction of sp³-hybridized carbons (Fsp3) is 0.500. The molecule has 2 aromatic rings. The summed E-state index contributed by atoms with van der Waals surface area (Å²) in [5.41, 5.74) is 4.09. The van der Waals surface area contributed by atoms with E-state index in [0.29, 0.717) is 0 Å². The number of aliphatic hydroxyl groups excluding tert-OH is 1. The van der Waals surface area contributed by atoms with Gasteiger partial charge in [0.2, 0.25) is 5.95 Å². The van der Waals surface area contributed by atoms with E-state index in [1.807, 2.05) is 0 Å². The molecule has 2 aromatic heterocycles. The summed E-state index contributed by atoms with van der Waals surface area (Å²) in [6.45, 7) is -1.19. The molecular weight excluding hydrogens is 546 g/mol. The summed E-state index contributed by atoms with van der Waals surface area (Å²) in [7, 11) is -17.0. The van der Waals surface area contributed by atoms with Gasteiger partial charge < -0.3 is 35.2 Å². The number of rotatable bonds is 8. The van der Waals surface area contributed by atoms with E-state index in [-0.39, 0.29) is 17.1 Å². The van der Waals surface area contributed by atoms with Crippen LogP contribution in [0.3, 0.4) is 0 Å². The number of nitrogens with two attached hydrogens (primary N) is 1. The Morgan fingerprint density at radius 3 is 2.52 bits per heavy atom. The van der Waals surface area contributed by atoms with Crippen LogP contribution in [0.1, 0.15) is 6.23 Å². The summed E-state index contributed by atoms with van der Waals surface area (Å²) in [5.74, 6) is -0.365. The molecule has 6 atom stereocenters. The first-order valence-electron chi connectivity index (χ1n) is 8.14. The molecule has 0 spiro atoms. The standard InChI is InChI=1S/C10H14ClFN5O13P3/c11-10(12)5(18)3(1-27-32(23,24)30-33(25,26)29-31(20,21)22)28-8(10)17-2-14-4-6(17)15-9(13)16-7(4)19/h2-3,5,8,18H,1H2,(H,23,24)(H,25,26)(H2,20,21,22)(H3,13,15,16,19)/t3-,5-,8-,10+/m1/s1. The molecular formula is C10H14ClFN5O13P3. The topological polar surface area (TPSA) is 279 Å². The molecule has 8 N–H and O–H groups in total. The highest BCUT2D eigenvalue weighted by molar-refractivity contribution is 7.66. The number of fused-ring (bicyclic) bond motifs is 1. The molecule has 0 aromatic carbocycles. The predicted molar refractivity (Wildman–Crippen MR) is 102 cm³/mol. The number of halogens is 2. The van der Waals surface area contributed by atoms with Crippen molar-refractivity contribution in [2.45, 2.75) is 23.6 Å². The molecule has 1 saturated heterocycles. The average Bonchev–Trinajstić information content (AvgIpc) is 3.10. The van der Waals surface area contributed by atoms with Crippen LogP contribution in [0.25, 0.3) is 11.2 Å². The molecule has 0 aliphatic carbocycles. The van der Waals surface area contributed by atoms with Gasteiger partial charge in [-0.25, -0.2) is 23.1 Å². The van der Waals surface area contributed by atoms with E-state index in [0.717, 1.165) is 10.9 Å². The Balaban J connectivity index is 1.78. The number of phosphoric acid groups is 3. The number of H-pyrrole nitrogens is 1. The molecule has 18 nitrogen and oxygen atoms in total. The smallest absolute Gasteiger partial charge is 0.385 e. The van der Waals surface area contributed by atoms with E-state index < -0.39 is 59.2 Å². The van der Waals surface area contributed by atoms with Crippen molar-refractivity contribution >= 4 is 52.2 Å². The Kier molecular flexibility index (Phi) is 6.96. The highest BCUT2D eigenvalue weighted by Gasteiger charge is 2.58. The van der Waals surface area contributed by atoms with E-state index in [1.165, 1.54) is 0 Å². The largest absolute Gasteiger partial charge is 0.490 e. The number of nitrogen functional groups attached to an aromatic ring is 1. The monoisotopic (exact) mass is 559 g/mol. The van der Waals surface area contributed by atoms with Gasteiger partial charge in [0.05, 0.1) is 12.9 Å². The van der Waals surface area contributed by atoms with Gasteiger partial charge in [-0.2, -0.15) is 13.6 Å². The lowest BCUT2D eigenvalue weighted by Gasteiger charge is -2.22. The summed E-state index contributed by atoms with van der Waals surface area (Å²) < 4.78 is 66.2. The number of nitrogens with one attached hydrogen (secondary N) is 1. The predicted octanol–water partition coefficient (Wildman–Crippen LogP) is -0.792. The summed E-state index contributed by atoms with van der Waals surface area (Å²) in [5, 5.41) is 7.00. The second-order valence-electron chi connectivity index (χ2n) is 6.31. The van der Waals surface area contributed by atoms with Crippen LogP contribution in [-0.4, -0.2) is 68.1 Å². The molecule has 186 valence electrons. The molecule has 0 saturated carbocycles. The summed E-state index contributed by atoms with van der Waals surface area (Å²) in [6.07, 6.45) is -5.11. The zero-order valence-corrected chi connectivity index (χ0v) is 19.0. The zero-order valence-electron chi connectivity index (χ0n) is 15.5. The van der Waals surface area contributed by atoms with Gasteiger partial charge >= 0.3 is 23.5 Å². The number of alkyl halides is 2. The number of aromatic amines is 1. The van der Waals surface area contributed by atoms with Crippen molar-refractivity contribution in [3.8, 4) is 0 Å². The first-order chi connectivity index (χ1) is 14.9. The number of hydrogen-bond donors (Lipinski definition) is 7. The molecule has 1 aliphatic rings. The fourth-order valence-corrected chi connectivity index (χ4v) is 6.02. The molecule has 1 aliphatic heterocycles. The van der Waals surface area contributed by atoms with Crippen LogP contribution in [0.2, 0.25) is 0 Å². The van der Waals surface area contributed by atoms with Gasteiger partial charge in [0.15, 0.2) is 17.4 Å². The van der Waals surface area contributed by atoms with Crippen molar-refractivity contribution in [1.29, 1.82) is 0 Å². The minimum absolute atomic E-state index is 0.286. The Labute approximate surface area is 185 Å². The minimum atomic E-state index is -5.80. The highest BCUT2D eigenvalue weighted by Crippen LogP contribution is 2.66. The first-order valence-corrected chi connectivity index (χ1v) is 13.0. The van der Waals surface area contributed by atoms with Crippen LogP contribution in [-0.2, 0) is 31.6 Å². The van der Waals surface area contributed by atoms with Crippen molar-refractivity contribution < 1.29 is 60.6 Å². The lowest BCUT2D eigenvalue weighted by Crippen LogP contribution is -2.38. The van der Waals surface area contributed by atoms with Crippen LogP contribution in [0.5, 0.6) is 0 Å². The van der Waals surface area contributed by atoms with Gasteiger partial charge in [0, 0.05) is 0 Å². The highest BCUT2D eigenvalue weighted by atomic mass is 35.5. The third-order valence-electron chi connectivity index (χ3n) is 3.90. The van der Waals surface area contributed by atoms with Gasteiger partial charge in [0.1, 0.15) is 12.2 Å². The van der Waals surface area contributed by atoms with Crippen molar-refractivity contribution in [3.05, 3.63) is 16.7 Å². The summed E-state index contributed by atoms with van der Waals surface area (Å²) in [6, 6.07) is 0. The second-order valence-corrected chi connectivity index (χ2v) is 11.3. The minimum Gasteiger partial charge on any atom is -0.385 e. The van der Waals surface area contributed by atoms with E-state index in [4.69, 9.17) is 36.8 Å². The Morgan fingerprint density at radius 1 is 1.27 bits per heavy atom. The SMILES string of the molecule is Nc1nc2c(ncn2[C@@H]2O[C@H](COP(=O)(O)OP(=O)(O)OP(=O)(O)O)[C@@H](O)[C@@]2(F)Cl)c(=O)[nH]1. The van der Waals surface area contributed by atoms with Crippen LogP contribution < -0.4 is 11.3 Å². The van der Waals surface area contributed by atoms with Crippen LogP contribution >= 0.6 is 35.1 Å². The average molecular weight is 560 g/mol. The maximum absolute atomic E-state index is 15.1. The number of imidazole rings is 1. The Hall–Kier alpha value is -1.30. The van der Waals surface area contributed by atoms with Gasteiger partial charge in [-0.15, -0.1) is 0 Å². The van der Waals surface area contributed by atoms with E-state index >= 15 is 4.39 Å². The van der Waals surface area contributed by atoms with Gasteiger partial charge in [0.25, 0.3) is 10.7 Å². The van der Waals surface area contributed by atoms with Crippen LogP contribution in [0, 0.1) is 0 Å². The number of aliphatic hydroxyl groups is 1. The van der Waals surface area contributed by atoms with E-state index in [9.17, 15) is 28.5 Å². The second kappa shape index (κ2) is 8.73. The molecule has 23 heteroatoms. The van der Waals surface area contributed by atoms with Gasteiger partial charge in [-0.1, -0.05) is 11.6 Å². The lowest BCUT2D eigenvalue weighted by atomic mass is 10.1. The Bertz CT molecular complexity index is 1260. The molecule has 3 rings (SSSR count). The van der Waals surface area contributed by atoms with Gasteiger partial charge in [-0.3, -0.25) is 18.9 Å². The third-order valence-corrected chi connectivity index (χ3v) is 8.11. The summed E-state index contributed by atoms with van der Waals surface area (Å²) >= 11 is 5.73. The number of phosphoric ester groups is 1. The quantitative estimate of drug-likeness (QED) is 0.154. The van der Waals surface area contributed by atoms with Gasteiger partial charge in [-0.05, 0) is 0 Å². The first kappa shape index (κ1) is 26.3.